The quantitative estimate of drug-likeness (QED) is 0.0166. The molecule has 2 rings (SSSR count). The second kappa shape index (κ2) is 39.5. The molecule has 10 heteroatoms. The number of aliphatic carboxylic acids is 1. The summed E-state index contributed by atoms with van der Waals surface area (Å²) in [6.07, 6.45) is 47.0. The van der Waals surface area contributed by atoms with Gasteiger partial charge in [0.2, 0.25) is 0 Å². The van der Waals surface area contributed by atoms with Crippen molar-refractivity contribution in [3.63, 3.8) is 0 Å². The number of esters is 1. The second-order valence-electron chi connectivity index (χ2n) is 14.7. The molecule has 0 aliphatic carbocycles. The van der Waals surface area contributed by atoms with Crippen LogP contribution in [0.4, 0.5) is 5.69 Å². The Morgan fingerprint density at radius 2 is 0.984 bits per heavy atom. The van der Waals surface area contributed by atoms with E-state index >= 15 is 0 Å². The van der Waals surface area contributed by atoms with Crippen LogP contribution in [0.25, 0.3) is 0 Å². The number of ether oxygens (including phenoxy) is 1. The minimum absolute atomic E-state index is 0.0810. The smallest absolute Gasteiger partial charge is 0.341 e. The molecule has 0 aromatic heterocycles. The Morgan fingerprint density at radius 3 is 1.47 bits per heavy atom. The molecule has 62 heavy (non-hydrogen) atoms. The minimum Gasteiger partial charge on any atom is -0.507 e. The molecule has 0 aliphatic rings. The van der Waals surface area contributed by atoms with Crippen LogP contribution >= 0.6 is 0 Å². The molecule has 2 aromatic carbocycles. The highest BCUT2D eigenvalue weighted by atomic mass is 16.5. The molecule has 0 saturated heterocycles. The Balaban J connectivity index is 0.000000994. The fourth-order valence-electron chi connectivity index (χ4n) is 5.84. The fraction of sp³-hybridized carbons (Fsp3) is 0.462. The van der Waals surface area contributed by atoms with E-state index in [1.807, 2.05) is 0 Å². The largest absolute Gasteiger partial charge is 0.507 e. The van der Waals surface area contributed by atoms with E-state index in [9.17, 15) is 29.4 Å². The highest BCUT2D eigenvalue weighted by Crippen LogP contribution is 2.21. The van der Waals surface area contributed by atoms with Crippen molar-refractivity contribution >= 4 is 29.4 Å². The topological polar surface area (TPSA) is 184 Å². The number of carboxylic acids is 2. The molecule has 0 fully saturated rings. The molecule has 0 unspecified atom stereocenters. The number of carbonyl (C=O) groups excluding carboxylic acids is 2. The van der Waals surface area contributed by atoms with Crippen molar-refractivity contribution in [2.75, 3.05) is 12.8 Å². The third-order valence-corrected chi connectivity index (χ3v) is 9.27. The maximum Gasteiger partial charge on any atom is 0.341 e. The van der Waals surface area contributed by atoms with Gasteiger partial charge in [0.1, 0.15) is 28.4 Å². The van der Waals surface area contributed by atoms with Gasteiger partial charge in [-0.2, -0.15) is 0 Å². The first kappa shape index (κ1) is 56.4. The van der Waals surface area contributed by atoms with Crippen LogP contribution in [0.3, 0.4) is 0 Å². The summed E-state index contributed by atoms with van der Waals surface area (Å²) >= 11 is 0. The average Bonchev–Trinajstić information content (AvgIpc) is 3.25. The number of hydrogen-bond donors (Lipinski definition) is 5. The first-order valence-corrected chi connectivity index (χ1v) is 22.3. The number of carbonyl (C=O) groups is 4. The van der Waals surface area contributed by atoms with Crippen LogP contribution in [0.2, 0.25) is 0 Å². The molecule has 342 valence electrons. The monoisotopic (exact) mass is 858 g/mol. The van der Waals surface area contributed by atoms with E-state index < -0.39 is 17.9 Å². The maximum absolute atomic E-state index is 12.1. The molecule has 0 heterocycles. The van der Waals surface area contributed by atoms with Gasteiger partial charge in [-0.05, 0) is 113 Å². The van der Waals surface area contributed by atoms with Crippen molar-refractivity contribution in [2.24, 2.45) is 0 Å². The highest BCUT2D eigenvalue weighted by molar-refractivity contribution is 5.93. The summed E-state index contributed by atoms with van der Waals surface area (Å²) < 4.78 is 4.42. The molecular formula is C52H75NO9. The lowest BCUT2D eigenvalue weighted by Gasteiger charge is -2.05. The number of nitrogen functional groups attached to an aromatic ring is 1. The van der Waals surface area contributed by atoms with E-state index in [4.69, 9.17) is 15.9 Å². The molecule has 0 spiro atoms. The van der Waals surface area contributed by atoms with Crippen molar-refractivity contribution in [1.29, 1.82) is 0 Å². The standard InChI is InChI=1S/C26H36O4.C18H30O2.C8H9NO3/c1-2-3-4-5-6-7-8-9-10-11-12-13-14-15-16-17-23(27)20-22-18-19-25(28)24(21-22)26(29)30;1-2-3-4-5-6-7-8-9-10-11-12-13-14-15-16-17-18(19)20;1-12-8(11)6-4-5(9)2-3-7(6)10/h3-4,6-7,9-10,18-19,21,28H,2,5,8,11-17,20H2,1H3,(H,29,30);3-4,6-7,9-10H,2,5,8,11-17H2,1H3,(H,19,20);2-4,10H,9H2,1H3/b2*4-3-,7-6-,10-9-;. The minimum atomic E-state index is -1.19. The molecule has 0 aliphatic heterocycles. The number of phenols is 2. The van der Waals surface area contributed by atoms with Crippen molar-refractivity contribution < 1.29 is 44.3 Å². The molecule has 0 radical (unpaired) electrons. The van der Waals surface area contributed by atoms with E-state index in [0.717, 1.165) is 89.9 Å². The van der Waals surface area contributed by atoms with Crippen LogP contribution in [-0.4, -0.2) is 51.2 Å². The Bertz CT molecular complexity index is 1720. The van der Waals surface area contributed by atoms with Gasteiger partial charge in [0.15, 0.2) is 0 Å². The Hall–Kier alpha value is -5.64. The lowest BCUT2D eigenvalue weighted by molar-refractivity contribution is -0.137. The summed E-state index contributed by atoms with van der Waals surface area (Å²) in [4.78, 5) is 44.4. The Labute approximate surface area is 371 Å². The van der Waals surface area contributed by atoms with Crippen LogP contribution < -0.4 is 5.73 Å². The van der Waals surface area contributed by atoms with Gasteiger partial charge in [0, 0.05) is 24.9 Å². The number of nitrogens with two attached hydrogens (primary N) is 1. The van der Waals surface area contributed by atoms with Gasteiger partial charge in [0.05, 0.1) is 7.11 Å². The number of aromatic carboxylic acids is 1. The number of Topliss-reactive ketones (excluding diaryl/α,β-unsaturated/α-hetero) is 1. The zero-order valence-corrected chi connectivity index (χ0v) is 37.6. The number of aromatic hydroxyl groups is 2. The van der Waals surface area contributed by atoms with Gasteiger partial charge in [-0.1, -0.05) is 131 Å². The van der Waals surface area contributed by atoms with E-state index in [2.05, 4.69) is 91.5 Å². The van der Waals surface area contributed by atoms with Gasteiger partial charge in [-0.25, -0.2) is 9.59 Å². The summed E-state index contributed by atoms with van der Waals surface area (Å²) in [6.45, 7) is 4.29. The van der Waals surface area contributed by atoms with Gasteiger partial charge in [-0.3, -0.25) is 9.59 Å². The lowest BCUT2D eigenvalue weighted by atomic mass is 10.0. The van der Waals surface area contributed by atoms with Crippen molar-refractivity contribution in [3.8, 4) is 11.5 Å². The molecule has 6 N–H and O–H groups in total. The molecule has 0 amide bonds. The summed E-state index contributed by atoms with van der Waals surface area (Å²) in [5, 5.41) is 36.2. The lowest BCUT2D eigenvalue weighted by Crippen LogP contribution is -2.04. The number of carboxylic acid groups (broad SMARTS) is 2. The number of methoxy groups -OCH3 is 1. The summed E-state index contributed by atoms with van der Waals surface area (Å²) in [5.74, 6) is -2.75. The zero-order chi connectivity index (χ0) is 46.1. The number of allylic oxidation sites excluding steroid dienone is 12. The SMILES string of the molecule is CC/C=C\C/C=C\C/C=C\CCCCCCCC(=O)Cc1ccc(O)c(C(=O)O)c1.CC/C=C\C/C=C\C/C=C\CCCCCCCC(=O)O.COC(=O)c1cc(N)ccc1O. The van der Waals surface area contributed by atoms with E-state index in [0.29, 0.717) is 24.1 Å². The Kier molecular flexibility index (Phi) is 35.9. The van der Waals surface area contributed by atoms with E-state index in [1.54, 1.807) is 6.07 Å². The molecule has 0 atom stereocenters. The molecule has 10 nitrogen and oxygen atoms in total. The van der Waals surface area contributed by atoms with E-state index in [-0.39, 0.29) is 34.8 Å². The van der Waals surface area contributed by atoms with Crippen LogP contribution in [0, 0.1) is 0 Å². The van der Waals surface area contributed by atoms with Crippen molar-refractivity contribution in [2.45, 2.75) is 149 Å². The van der Waals surface area contributed by atoms with E-state index in [1.165, 1.54) is 63.1 Å². The molecular weight excluding hydrogens is 783 g/mol. The summed E-state index contributed by atoms with van der Waals surface area (Å²) in [6, 6.07) is 8.53. The number of benzene rings is 2. The predicted octanol–water partition coefficient (Wildman–Crippen LogP) is 13.2. The average molecular weight is 858 g/mol. The van der Waals surface area contributed by atoms with Crippen LogP contribution in [0.15, 0.2) is 109 Å². The number of rotatable bonds is 30. The third-order valence-electron chi connectivity index (χ3n) is 9.27. The second-order valence-corrected chi connectivity index (χ2v) is 14.7. The highest BCUT2D eigenvalue weighted by Gasteiger charge is 2.12. The van der Waals surface area contributed by atoms with Gasteiger partial charge < -0.3 is 30.9 Å². The van der Waals surface area contributed by atoms with Crippen LogP contribution in [0.5, 0.6) is 11.5 Å². The number of anilines is 1. The van der Waals surface area contributed by atoms with Gasteiger partial charge in [0.25, 0.3) is 0 Å². The maximum atomic E-state index is 12.1. The molecule has 0 saturated carbocycles. The van der Waals surface area contributed by atoms with Crippen molar-refractivity contribution in [1.82, 2.24) is 0 Å². The Morgan fingerprint density at radius 1 is 0.548 bits per heavy atom. The summed E-state index contributed by atoms with van der Waals surface area (Å²) in [5.41, 5.74) is 6.37. The number of ketones is 1. The third kappa shape index (κ3) is 33.1. The number of hydrogen-bond acceptors (Lipinski definition) is 8. The molecule has 0 bridgehead atoms. The predicted molar refractivity (Wildman–Crippen MR) is 254 cm³/mol. The fourth-order valence-corrected chi connectivity index (χ4v) is 5.84. The number of phenolic OH excluding ortho intramolecular Hbond substituents is 1. The van der Waals surface area contributed by atoms with Crippen LogP contribution in [0.1, 0.15) is 169 Å². The zero-order valence-electron chi connectivity index (χ0n) is 37.6. The van der Waals surface area contributed by atoms with Gasteiger partial charge in [-0.15, -0.1) is 0 Å². The van der Waals surface area contributed by atoms with Gasteiger partial charge >= 0.3 is 17.9 Å². The first-order valence-electron chi connectivity index (χ1n) is 22.3. The van der Waals surface area contributed by atoms with Crippen molar-refractivity contribution in [3.05, 3.63) is 126 Å². The number of unbranched alkanes of at least 4 members (excludes halogenated alkanes) is 10. The first-order chi connectivity index (χ1) is 30.0. The summed E-state index contributed by atoms with van der Waals surface area (Å²) in [7, 11) is 1.24. The normalized spacial score (nSPS) is 11.4. The van der Waals surface area contributed by atoms with Crippen LogP contribution in [-0.2, 0) is 20.7 Å². The molecule has 2 aromatic rings.